The summed E-state index contributed by atoms with van der Waals surface area (Å²) in [7, 11) is -3.66. The first-order valence-electron chi connectivity index (χ1n) is 8.08. The van der Waals surface area contributed by atoms with Crippen molar-refractivity contribution in [2.75, 3.05) is 4.72 Å². The number of benzene rings is 2. The largest absolute Gasteiger partial charge is 0.438 e. The van der Waals surface area contributed by atoms with E-state index in [1.165, 1.54) is 6.33 Å². The second-order valence-electron chi connectivity index (χ2n) is 5.80. The highest BCUT2D eigenvalue weighted by Gasteiger charge is 2.14. The SMILES string of the molecule is Cc1cc2c(Oc3cccc(NS(=O)(=O)c4ccccc4)c3)ncnc2s1. The average molecular weight is 397 g/mol. The van der Waals surface area contributed by atoms with E-state index in [0.29, 0.717) is 17.3 Å². The molecule has 0 aliphatic heterocycles. The summed E-state index contributed by atoms with van der Waals surface area (Å²) in [4.78, 5) is 10.6. The molecule has 1 N–H and O–H groups in total. The molecular weight excluding hydrogens is 382 g/mol. The van der Waals surface area contributed by atoms with Crippen LogP contribution in [0.4, 0.5) is 5.69 Å². The van der Waals surface area contributed by atoms with Gasteiger partial charge in [0.05, 0.1) is 16.0 Å². The minimum Gasteiger partial charge on any atom is -0.438 e. The molecule has 8 heteroatoms. The third-order valence-corrected chi connectivity index (χ3v) is 6.13. The molecule has 0 bridgehead atoms. The number of anilines is 1. The molecule has 2 aromatic carbocycles. The zero-order valence-electron chi connectivity index (χ0n) is 14.3. The minimum atomic E-state index is -3.66. The molecule has 27 heavy (non-hydrogen) atoms. The van der Waals surface area contributed by atoms with Gasteiger partial charge in [-0.05, 0) is 37.3 Å². The number of aryl methyl sites for hydroxylation is 1. The second-order valence-corrected chi connectivity index (χ2v) is 8.72. The summed E-state index contributed by atoms with van der Waals surface area (Å²) in [6, 6.07) is 16.9. The third-order valence-electron chi connectivity index (χ3n) is 3.77. The van der Waals surface area contributed by atoms with Gasteiger partial charge in [-0.15, -0.1) is 11.3 Å². The monoisotopic (exact) mass is 397 g/mol. The Morgan fingerprint density at radius 3 is 2.63 bits per heavy atom. The molecule has 2 aromatic heterocycles. The molecule has 6 nitrogen and oxygen atoms in total. The number of sulfonamides is 1. The van der Waals surface area contributed by atoms with Gasteiger partial charge < -0.3 is 4.74 Å². The summed E-state index contributed by atoms with van der Waals surface area (Å²) in [5, 5.41) is 0.829. The van der Waals surface area contributed by atoms with Crippen LogP contribution < -0.4 is 9.46 Å². The van der Waals surface area contributed by atoms with Gasteiger partial charge >= 0.3 is 0 Å². The van der Waals surface area contributed by atoms with Gasteiger partial charge in [0.25, 0.3) is 10.0 Å². The molecule has 0 unspecified atom stereocenters. The van der Waals surface area contributed by atoms with Gasteiger partial charge in [0, 0.05) is 10.9 Å². The molecule has 0 atom stereocenters. The van der Waals surface area contributed by atoms with Crippen LogP contribution in [0.1, 0.15) is 4.88 Å². The highest BCUT2D eigenvalue weighted by Crippen LogP contribution is 2.32. The van der Waals surface area contributed by atoms with Crippen LogP contribution in [0.5, 0.6) is 11.6 Å². The van der Waals surface area contributed by atoms with Crippen molar-refractivity contribution < 1.29 is 13.2 Å². The minimum absolute atomic E-state index is 0.197. The van der Waals surface area contributed by atoms with Gasteiger partial charge in [0.1, 0.15) is 16.9 Å². The fraction of sp³-hybridized carbons (Fsp3) is 0.0526. The van der Waals surface area contributed by atoms with Crippen LogP contribution in [0.15, 0.2) is 71.9 Å². The number of hydrogen-bond donors (Lipinski definition) is 1. The van der Waals surface area contributed by atoms with Crippen LogP contribution in [0.3, 0.4) is 0 Å². The van der Waals surface area contributed by atoms with E-state index in [-0.39, 0.29) is 4.90 Å². The van der Waals surface area contributed by atoms with Gasteiger partial charge in [-0.25, -0.2) is 18.4 Å². The van der Waals surface area contributed by atoms with E-state index in [0.717, 1.165) is 15.1 Å². The van der Waals surface area contributed by atoms with Crippen molar-refractivity contribution in [3.8, 4) is 11.6 Å². The summed E-state index contributed by atoms with van der Waals surface area (Å²) < 4.78 is 33.4. The maximum Gasteiger partial charge on any atom is 0.261 e. The number of fused-ring (bicyclic) bond motifs is 1. The fourth-order valence-corrected chi connectivity index (χ4v) is 4.49. The maximum atomic E-state index is 12.5. The lowest BCUT2D eigenvalue weighted by Gasteiger charge is -2.10. The van der Waals surface area contributed by atoms with E-state index in [1.54, 1.807) is 65.9 Å². The van der Waals surface area contributed by atoms with Gasteiger partial charge in [0.15, 0.2) is 0 Å². The second kappa shape index (κ2) is 6.98. The predicted octanol–water partition coefficient (Wildman–Crippen LogP) is 4.59. The van der Waals surface area contributed by atoms with Gasteiger partial charge in [-0.3, -0.25) is 4.72 Å². The van der Waals surface area contributed by atoms with Crippen LogP contribution in [0.25, 0.3) is 10.2 Å². The van der Waals surface area contributed by atoms with Crippen molar-refractivity contribution >= 4 is 37.3 Å². The molecule has 0 saturated heterocycles. The fourth-order valence-electron chi connectivity index (χ4n) is 2.58. The molecule has 0 fully saturated rings. The normalized spacial score (nSPS) is 11.4. The number of rotatable bonds is 5. The summed E-state index contributed by atoms with van der Waals surface area (Å²) in [6.45, 7) is 2.00. The Bertz CT molecular complexity index is 1210. The third kappa shape index (κ3) is 3.76. The van der Waals surface area contributed by atoms with Gasteiger partial charge in [-0.2, -0.15) is 0 Å². The molecule has 0 aliphatic carbocycles. The Hall–Kier alpha value is -2.97. The molecule has 0 saturated carbocycles. The van der Waals surface area contributed by atoms with Crippen molar-refractivity contribution in [1.82, 2.24) is 9.97 Å². The van der Waals surface area contributed by atoms with E-state index in [9.17, 15) is 8.42 Å². The number of hydrogen-bond acceptors (Lipinski definition) is 6. The highest BCUT2D eigenvalue weighted by molar-refractivity contribution is 7.92. The van der Waals surface area contributed by atoms with Gasteiger partial charge in [0.2, 0.25) is 5.88 Å². The topological polar surface area (TPSA) is 81.2 Å². The van der Waals surface area contributed by atoms with Crippen LogP contribution in [-0.4, -0.2) is 18.4 Å². The van der Waals surface area contributed by atoms with E-state index in [4.69, 9.17) is 4.74 Å². The number of nitrogens with zero attached hydrogens (tertiary/aromatic N) is 2. The summed E-state index contributed by atoms with van der Waals surface area (Å²) in [5.41, 5.74) is 0.406. The van der Waals surface area contributed by atoms with E-state index in [1.807, 2.05) is 13.0 Å². The van der Waals surface area contributed by atoms with Crippen LogP contribution in [0.2, 0.25) is 0 Å². The standard InChI is InChI=1S/C19H15N3O3S2/c1-13-10-17-18(20-12-21-19(17)26-13)25-15-7-5-6-14(11-15)22-27(23,24)16-8-3-2-4-9-16/h2-12,22H,1H3. The molecule has 4 aromatic rings. The molecule has 136 valence electrons. The zero-order chi connectivity index (χ0) is 18.9. The number of nitrogens with one attached hydrogen (secondary N) is 1. The highest BCUT2D eigenvalue weighted by atomic mass is 32.2. The Kier molecular flexibility index (Phi) is 4.51. The van der Waals surface area contributed by atoms with Gasteiger partial charge in [-0.1, -0.05) is 24.3 Å². The first-order valence-corrected chi connectivity index (χ1v) is 10.4. The Labute approximate surface area is 160 Å². The molecule has 2 heterocycles. The maximum absolute atomic E-state index is 12.5. The van der Waals surface area contributed by atoms with E-state index < -0.39 is 10.0 Å². The quantitative estimate of drug-likeness (QED) is 0.532. The van der Waals surface area contributed by atoms with Crippen LogP contribution in [0, 0.1) is 6.92 Å². The number of ether oxygens (including phenoxy) is 1. The smallest absolute Gasteiger partial charge is 0.261 e. The van der Waals surface area contributed by atoms with E-state index >= 15 is 0 Å². The van der Waals surface area contributed by atoms with Crippen molar-refractivity contribution in [2.24, 2.45) is 0 Å². The zero-order valence-corrected chi connectivity index (χ0v) is 15.9. The molecule has 0 aliphatic rings. The Balaban J connectivity index is 1.61. The predicted molar refractivity (Wildman–Crippen MR) is 106 cm³/mol. The average Bonchev–Trinajstić information content (AvgIpc) is 3.04. The van der Waals surface area contributed by atoms with Crippen molar-refractivity contribution in [2.45, 2.75) is 11.8 Å². The lowest BCUT2D eigenvalue weighted by molar-refractivity contribution is 0.468. The lowest BCUT2D eigenvalue weighted by atomic mass is 10.3. The first-order chi connectivity index (χ1) is 13.0. The number of aromatic nitrogens is 2. The molecule has 4 rings (SSSR count). The Morgan fingerprint density at radius 1 is 1.00 bits per heavy atom. The first kappa shape index (κ1) is 17.4. The van der Waals surface area contributed by atoms with E-state index in [2.05, 4.69) is 14.7 Å². The molecule has 0 radical (unpaired) electrons. The Morgan fingerprint density at radius 2 is 1.81 bits per heavy atom. The lowest BCUT2D eigenvalue weighted by Crippen LogP contribution is -2.12. The molecule has 0 amide bonds. The van der Waals surface area contributed by atoms with Crippen LogP contribution in [-0.2, 0) is 10.0 Å². The summed E-state index contributed by atoms with van der Waals surface area (Å²) in [5.74, 6) is 0.916. The molecular formula is C19H15N3O3S2. The van der Waals surface area contributed by atoms with Crippen LogP contribution >= 0.6 is 11.3 Å². The van der Waals surface area contributed by atoms with Crippen molar-refractivity contribution in [3.63, 3.8) is 0 Å². The van der Waals surface area contributed by atoms with Crippen molar-refractivity contribution in [1.29, 1.82) is 0 Å². The van der Waals surface area contributed by atoms with Crippen molar-refractivity contribution in [3.05, 3.63) is 71.9 Å². The summed E-state index contributed by atoms with van der Waals surface area (Å²) >= 11 is 1.56. The molecule has 0 spiro atoms. The summed E-state index contributed by atoms with van der Waals surface area (Å²) in [6.07, 6.45) is 1.45. The number of thiophene rings is 1.